The van der Waals surface area contributed by atoms with Gasteiger partial charge in [0.25, 0.3) is 0 Å². The van der Waals surface area contributed by atoms with Crippen LogP contribution in [0.3, 0.4) is 0 Å². The van der Waals surface area contributed by atoms with Crippen LogP contribution in [0.4, 0.5) is 23.8 Å². The average molecular weight is 507 g/mol. The number of carboxylic acid groups (broad SMARTS) is 1. The lowest BCUT2D eigenvalue weighted by molar-refractivity contribution is -0.136. The smallest absolute Gasteiger partial charge is 0.309 e. The number of aliphatic hydroxyl groups excluding tert-OH is 1. The lowest BCUT2D eigenvalue weighted by Gasteiger charge is -2.34. The molecule has 0 aliphatic carbocycles. The zero-order valence-electron chi connectivity index (χ0n) is 20.3. The van der Waals surface area contributed by atoms with Crippen LogP contribution in [0.5, 0.6) is 0 Å². The van der Waals surface area contributed by atoms with Crippen LogP contribution >= 0.6 is 0 Å². The summed E-state index contributed by atoms with van der Waals surface area (Å²) >= 11 is 0. The molecule has 37 heavy (non-hydrogen) atoms. The van der Waals surface area contributed by atoms with Crippen molar-refractivity contribution in [1.82, 2.24) is 34.8 Å². The van der Waals surface area contributed by atoms with E-state index in [2.05, 4.69) is 62.5 Å². The van der Waals surface area contributed by atoms with E-state index in [1.807, 2.05) is 18.3 Å². The van der Waals surface area contributed by atoms with Crippen LogP contribution < -0.4 is 15.5 Å². The maximum Gasteiger partial charge on any atom is 0.309 e. The molecule has 6 N–H and O–H groups in total. The van der Waals surface area contributed by atoms with Crippen LogP contribution in [0.2, 0.25) is 0 Å². The van der Waals surface area contributed by atoms with E-state index >= 15 is 0 Å². The van der Waals surface area contributed by atoms with E-state index in [-0.39, 0.29) is 13.0 Å². The van der Waals surface area contributed by atoms with Gasteiger partial charge in [-0.25, -0.2) is 4.98 Å². The molecule has 13 nitrogen and oxygen atoms in total. The molecular weight excluding hydrogens is 476 g/mol. The number of nitrogens with one attached hydrogen (secondary N) is 4. The second kappa shape index (κ2) is 11.2. The quantitative estimate of drug-likeness (QED) is 0.173. The van der Waals surface area contributed by atoms with Gasteiger partial charge in [-0.15, -0.1) is 0 Å². The molecule has 0 saturated carbocycles. The van der Waals surface area contributed by atoms with Crippen LogP contribution in [0.15, 0.2) is 36.7 Å². The molecule has 1 aromatic carbocycles. The number of aromatic amines is 2. The zero-order chi connectivity index (χ0) is 25.6. The number of hydrogen-bond acceptors (Lipinski definition) is 10. The molecule has 1 aliphatic heterocycles. The van der Waals surface area contributed by atoms with E-state index in [4.69, 9.17) is 5.11 Å². The number of benzene rings is 1. The van der Waals surface area contributed by atoms with Crippen molar-refractivity contribution in [3.05, 3.63) is 47.9 Å². The van der Waals surface area contributed by atoms with Gasteiger partial charge >= 0.3 is 5.97 Å². The number of anilines is 4. The minimum absolute atomic E-state index is 0.136. The fourth-order valence-electron chi connectivity index (χ4n) is 4.38. The molecule has 0 radical (unpaired) electrons. The first-order valence-electron chi connectivity index (χ1n) is 12.2. The number of carboxylic acids is 1. The Hall–Kier alpha value is -4.23. The van der Waals surface area contributed by atoms with Crippen molar-refractivity contribution >= 4 is 40.7 Å². The summed E-state index contributed by atoms with van der Waals surface area (Å²) in [6, 6.07) is 8.19. The molecular formula is C24H30N10O3. The maximum atomic E-state index is 11.0. The monoisotopic (exact) mass is 506 g/mol. The summed E-state index contributed by atoms with van der Waals surface area (Å²) in [6.45, 7) is 4.46. The highest BCUT2D eigenvalue weighted by molar-refractivity contribution is 5.83. The zero-order valence-corrected chi connectivity index (χ0v) is 20.3. The number of nitrogens with zero attached hydrogens (tertiary/aromatic N) is 6. The number of carbonyl (C=O) groups is 1. The lowest BCUT2D eigenvalue weighted by atomic mass is 10.1. The number of hydrogen-bond donors (Lipinski definition) is 6. The van der Waals surface area contributed by atoms with Gasteiger partial charge in [-0.3, -0.25) is 15.0 Å². The minimum atomic E-state index is -0.945. The van der Waals surface area contributed by atoms with Crippen molar-refractivity contribution in [2.75, 3.05) is 61.4 Å². The second-order valence-corrected chi connectivity index (χ2v) is 8.82. The first kappa shape index (κ1) is 24.5. The molecule has 3 aromatic heterocycles. The maximum absolute atomic E-state index is 11.0. The number of piperazine rings is 1. The molecule has 0 unspecified atom stereocenters. The van der Waals surface area contributed by atoms with Gasteiger partial charge in [-0.1, -0.05) is 18.2 Å². The molecule has 1 saturated heterocycles. The van der Waals surface area contributed by atoms with Gasteiger partial charge in [-0.2, -0.15) is 15.0 Å². The van der Waals surface area contributed by atoms with E-state index in [9.17, 15) is 9.90 Å². The Morgan fingerprint density at radius 1 is 1.08 bits per heavy atom. The number of rotatable bonds is 11. The van der Waals surface area contributed by atoms with E-state index in [0.29, 0.717) is 42.6 Å². The third-order valence-electron chi connectivity index (χ3n) is 6.25. The third-order valence-corrected chi connectivity index (χ3v) is 6.25. The van der Waals surface area contributed by atoms with E-state index in [1.54, 1.807) is 0 Å². The number of aliphatic hydroxyl groups is 1. The summed E-state index contributed by atoms with van der Waals surface area (Å²) in [7, 11) is 0. The molecule has 1 aliphatic rings. The summed E-state index contributed by atoms with van der Waals surface area (Å²) < 4.78 is 0. The SMILES string of the molecule is O=C(O)Cc1cnc(Nc2nc(NCCc3c[nH]c4ccccc34)nc(N3CCN(CCO)CC3)n2)[nH]1. The fraction of sp³-hybridized carbons (Fsp3) is 0.375. The van der Waals surface area contributed by atoms with Gasteiger partial charge in [0.1, 0.15) is 0 Å². The number of aromatic nitrogens is 6. The number of β-amino-alcohol motifs (C(OH)–C–C–N with tert-alkyl or cyclic N) is 1. The van der Waals surface area contributed by atoms with Gasteiger partial charge in [0, 0.05) is 62.1 Å². The van der Waals surface area contributed by atoms with E-state index < -0.39 is 5.97 Å². The normalized spacial score (nSPS) is 14.2. The number of fused-ring (bicyclic) bond motifs is 1. The summed E-state index contributed by atoms with van der Waals surface area (Å²) in [4.78, 5) is 39.5. The number of aliphatic carboxylic acids is 1. The van der Waals surface area contributed by atoms with Crippen molar-refractivity contribution in [3.63, 3.8) is 0 Å². The average Bonchev–Trinajstić information content (AvgIpc) is 3.51. The molecule has 0 bridgehead atoms. The van der Waals surface area contributed by atoms with E-state index in [0.717, 1.165) is 38.1 Å². The van der Waals surface area contributed by atoms with Crippen molar-refractivity contribution in [1.29, 1.82) is 0 Å². The van der Waals surface area contributed by atoms with Crippen molar-refractivity contribution in [3.8, 4) is 0 Å². The van der Waals surface area contributed by atoms with Crippen molar-refractivity contribution in [2.24, 2.45) is 0 Å². The van der Waals surface area contributed by atoms with Gasteiger partial charge in [0.2, 0.25) is 23.8 Å². The Morgan fingerprint density at radius 3 is 2.70 bits per heavy atom. The van der Waals surface area contributed by atoms with Crippen molar-refractivity contribution in [2.45, 2.75) is 12.8 Å². The lowest BCUT2D eigenvalue weighted by Crippen LogP contribution is -2.47. The van der Waals surface area contributed by atoms with Crippen LogP contribution in [-0.2, 0) is 17.6 Å². The summed E-state index contributed by atoms with van der Waals surface area (Å²) in [6.07, 6.45) is 4.12. The largest absolute Gasteiger partial charge is 0.481 e. The van der Waals surface area contributed by atoms with Gasteiger partial charge < -0.3 is 30.4 Å². The fourth-order valence-corrected chi connectivity index (χ4v) is 4.38. The molecule has 4 aromatic rings. The Kier molecular flexibility index (Phi) is 7.42. The van der Waals surface area contributed by atoms with Crippen LogP contribution in [-0.4, -0.2) is 96.9 Å². The first-order valence-corrected chi connectivity index (χ1v) is 12.2. The molecule has 13 heteroatoms. The van der Waals surface area contributed by atoms with Gasteiger partial charge in [-0.05, 0) is 18.1 Å². The number of H-pyrrole nitrogens is 2. The van der Waals surface area contributed by atoms with Gasteiger partial charge in [0.05, 0.1) is 19.2 Å². The molecule has 0 atom stereocenters. The Balaban J connectivity index is 1.31. The number of imidazole rings is 1. The predicted molar refractivity (Wildman–Crippen MR) is 139 cm³/mol. The first-order chi connectivity index (χ1) is 18.1. The van der Waals surface area contributed by atoms with Gasteiger partial charge in [0.15, 0.2) is 0 Å². The highest BCUT2D eigenvalue weighted by atomic mass is 16.4. The molecule has 0 spiro atoms. The highest BCUT2D eigenvalue weighted by Gasteiger charge is 2.20. The molecule has 4 heterocycles. The predicted octanol–water partition coefficient (Wildman–Crippen LogP) is 1.22. The van der Waals surface area contributed by atoms with Crippen LogP contribution in [0.1, 0.15) is 11.3 Å². The van der Waals surface area contributed by atoms with E-state index in [1.165, 1.54) is 17.1 Å². The Morgan fingerprint density at radius 2 is 1.89 bits per heavy atom. The standard InChI is InChI=1S/C24H30N10O3/c35-12-11-33-7-9-34(10-8-33)24-31-21(25-6-5-16-14-26-19-4-2-1-3-18(16)19)29-23(32-24)30-22-27-15-17(28-22)13-20(36)37/h1-4,14-15,26,35H,5-13H2,(H,36,37)(H3,25,27,28,29,30,31,32). The summed E-state index contributed by atoms with van der Waals surface area (Å²) in [5, 5.41) is 25.8. The summed E-state index contributed by atoms with van der Waals surface area (Å²) in [5.41, 5.74) is 2.78. The Labute approximate surface area is 213 Å². The Bertz CT molecular complexity index is 1350. The third kappa shape index (κ3) is 6.13. The molecule has 194 valence electrons. The molecule has 0 amide bonds. The van der Waals surface area contributed by atoms with Crippen LogP contribution in [0, 0.1) is 0 Å². The van der Waals surface area contributed by atoms with Crippen molar-refractivity contribution < 1.29 is 15.0 Å². The molecule has 1 fully saturated rings. The van der Waals surface area contributed by atoms with Crippen LogP contribution in [0.25, 0.3) is 10.9 Å². The number of para-hydroxylation sites is 1. The topological polar surface area (TPSA) is 171 Å². The summed E-state index contributed by atoms with van der Waals surface area (Å²) in [5.74, 6) is 0.676. The highest BCUT2D eigenvalue weighted by Crippen LogP contribution is 2.20. The second-order valence-electron chi connectivity index (χ2n) is 8.82. The minimum Gasteiger partial charge on any atom is -0.481 e. The molecule has 5 rings (SSSR count).